The number of rotatable bonds is 8. The number of aromatic nitrogens is 2. The van der Waals surface area contributed by atoms with Gasteiger partial charge in [-0.05, 0) is 48.7 Å². The summed E-state index contributed by atoms with van der Waals surface area (Å²) in [4.78, 5) is 31.9. The zero-order valence-corrected chi connectivity index (χ0v) is 21.4. The van der Waals surface area contributed by atoms with Crippen LogP contribution in [0, 0.1) is 6.92 Å². The predicted octanol–water partition coefficient (Wildman–Crippen LogP) is 5.95. The number of methoxy groups -OCH3 is 1. The normalized spacial score (nSPS) is 11.1. The van der Waals surface area contributed by atoms with E-state index >= 15 is 0 Å². The van der Waals surface area contributed by atoms with Crippen molar-refractivity contribution in [3.63, 3.8) is 0 Å². The van der Waals surface area contributed by atoms with Gasteiger partial charge in [0.2, 0.25) is 0 Å². The molecule has 2 heterocycles. The summed E-state index contributed by atoms with van der Waals surface area (Å²) in [5, 5.41) is 1.67. The first kappa shape index (κ1) is 24.3. The fourth-order valence-electron chi connectivity index (χ4n) is 3.51. The summed E-state index contributed by atoms with van der Waals surface area (Å²) < 4.78 is 12.1. The molecule has 0 atom stereocenters. The van der Waals surface area contributed by atoms with Gasteiger partial charge >= 0.3 is 5.97 Å². The summed E-state index contributed by atoms with van der Waals surface area (Å²) in [6.07, 6.45) is 0. The number of aryl methyl sites for hydroxylation is 1. The first-order valence-corrected chi connectivity index (χ1v) is 12.8. The average Bonchev–Trinajstić information content (AvgIpc) is 3.17. The molecule has 9 heteroatoms. The van der Waals surface area contributed by atoms with Crippen molar-refractivity contribution in [1.82, 2.24) is 9.55 Å². The molecule has 176 valence electrons. The van der Waals surface area contributed by atoms with Crippen LogP contribution in [-0.2, 0) is 17.0 Å². The SMILES string of the molecule is CCOC(=O)c1sc2nc(SCc3ccccc3Cl)n(Cc3ccc(OC)cc3)c(=O)c2c1C. The number of nitrogens with zero attached hydrogens (tertiary/aromatic N) is 2. The van der Waals surface area contributed by atoms with Crippen molar-refractivity contribution in [3.8, 4) is 5.75 Å². The lowest BCUT2D eigenvalue weighted by atomic mass is 10.2. The molecule has 0 unspecified atom stereocenters. The molecule has 2 aromatic carbocycles. The summed E-state index contributed by atoms with van der Waals surface area (Å²) in [7, 11) is 1.61. The van der Waals surface area contributed by atoms with Crippen molar-refractivity contribution in [3.05, 3.63) is 85.5 Å². The lowest BCUT2D eigenvalue weighted by Crippen LogP contribution is -2.24. The van der Waals surface area contributed by atoms with Crippen LogP contribution < -0.4 is 10.3 Å². The van der Waals surface area contributed by atoms with Crippen molar-refractivity contribution < 1.29 is 14.3 Å². The zero-order valence-electron chi connectivity index (χ0n) is 19.0. The van der Waals surface area contributed by atoms with Crippen molar-refractivity contribution in [1.29, 1.82) is 0 Å². The molecule has 34 heavy (non-hydrogen) atoms. The number of halogens is 1. The molecule has 0 amide bonds. The Morgan fingerprint density at radius 1 is 1.18 bits per heavy atom. The Morgan fingerprint density at radius 2 is 1.91 bits per heavy atom. The number of thioether (sulfide) groups is 1. The molecule has 0 aliphatic carbocycles. The molecule has 4 aromatic rings. The van der Waals surface area contributed by atoms with Gasteiger partial charge in [0.15, 0.2) is 5.16 Å². The van der Waals surface area contributed by atoms with E-state index in [1.54, 1.807) is 25.5 Å². The van der Waals surface area contributed by atoms with Crippen LogP contribution in [0.15, 0.2) is 58.5 Å². The second kappa shape index (κ2) is 10.6. The van der Waals surface area contributed by atoms with Crippen LogP contribution in [0.3, 0.4) is 0 Å². The largest absolute Gasteiger partial charge is 0.497 e. The molecule has 6 nitrogen and oxygen atoms in total. The first-order valence-electron chi connectivity index (χ1n) is 10.6. The van der Waals surface area contributed by atoms with Gasteiger partial charge in [0, 0.05) is 10.8 Å². The third-order valence-electron chi connectivity index (χ3n) is 5.29. The minimum atomic E-state index is -0.436. The average molecular weight is 515 g/mol. The van der Waals surface area contributed by atoms with Gasteiger partial charge in [0.05, 0.1) is 25.6 Å². The van der Waals surface area contributed by atoms with Gasteiger partial charge in [-0.3, -0.25) is 9.36 Å². The van der Waals surface area contributed by atoms with Crippen molar-refractivity contribution >= 4 is 50.9 Å². The number of fused-ring (bicyclic) bond motifs is 1. The van der Waals surface area contributed by atoms with E-state index in [9.17, 15) is 9.59 Å². The van der Waals surface area contributed by atoms with E-state index < -0.39 is 5.97 Å². The molecule has 0 aliphatic heterocycles. The van der Waals surface area contributed by atoms with Gasteiger partial charge in [-0.1, -0.05) is 53.7 Å². The van der Waals surface area contributed by atoms with Crippen LogP contribution in [0.25, 0.3) is 10.2 Å². The Bertz CT molecular complexity index is 1400. The van der Waals surface area contributed by atoms with Crippen LogP contribution in [-0.4, -0.2) is 29.2 Å². The lowest BCUT2D eigenvalue weighted by molar-refractivity contribution is 0.0531. The Balaban J connectivity index is 1.80. The van der Waals surface area contributed by atoms with Crippen LogP contribution in [0.4, 0.5) is 0 Å². The fraction of sp³-hybridized carbons (Fsp3) is 0.240. The molecule has 0 saturated carbocycles. The Labute approximate surface area is 210 Å². The quantitative estimate of drug-likeness (QED) is 0.164. The van der Waals surface area contributed by atoms with Crippen LogP contribution >= 0.6 is 34.7 Å². The summed E-state index contributed by atoms with van der Waals surface area (Å²) in [6.45, 7) is 4.12. The minimum Gasteiger partial charge on any atom is -0.497 e. The summed E-state index contributed by atoms with van der Waals surface area (Å²) >= 11 is 8.97. The summed E-state index contributed by atoms with van der Waals surface area (Å²) in [5.74, 6) is 0.857. The number of ether oxygens (including phenoxy) is 2. The van der Waals surface area contributed by atoms with Crippen molar-refractivity contribution in [2.24, 2.45) is 0 Å². The molecule has 0 N–H and O–H groups in total. The van der Waals surface area contributed by atoms with E-state index in [0.717, 1.165) is 16.9 Å². The number of esters is 1. The molecule has 0 saturated heterocycles. The van der Waals surface area contributed by atoms with Gasteiger partial charge in [0.1, 0.15) is 15.5 Å². The molecule has 4 rings (SSSR count). The van der Waals surface area contributed by atoms with Gasteiger partial charge in [-0.2, -0.15) is 0 Å². The number of carbonyl (C=O) groups is 1. The van der Waals surface area contributed by atoms with E-state index in [0.29, 0.717) is 43.1 Å². The third-order valence-corrected chi connectivity index (χ3v) is 7.85. The minimum absolute atomic E-state index is 0.188. The number of benzene rings is 2. The van der Waals surface area contributed by atoms with Crippen LogP contribution in [0.1, 0.15) is 33.3 Å². The van der Waals surface area contributed by atoms with E-state index in [4.69, 9.17) is 26.1 Å². The first-order chi connectivity index (χ1) is 16.4. The molecular formula is C25H23ClN2O4S2. The molecule has 0 fully saturated rings. The fourth-order valence-corrected chi connectivity index (χ4v) is 5.91. The molecular weight excluding hydrogens is 492 g/mol. The van der Waals surface area contributed by atoms with Gasteiger partial charge in [-0.15, -0.1) is 11.3 Å². The zero-order chi connectivity index (χ0) is 24.2. The predicted molar refractivity (Wildman–Crippen MR) is 138 cm³/mol. The molecule has 0 spiro atoms. The second-order valence-corrected chi connectivity index (χ2v) is 9.82. The van der Waals surface area contributed by atoms with Crippen LogP contribution in [0.5, 0.6) is 5.75 Å². The van der Waals surface area contributed by atoms with E-state index in [-0.39, 0.29) is 12.2 Å². The molecule has 0 aliphatic rings. The molecule has 0 radical (unpaired) electrons. The van der Waals surface area contributed by atoms with E-state index in [1.807, 2.05) is 48.5 Å². The standard InChI is InChI=1S/C25H23ClN2O4S2/c1-4-32-24(30)21-15(2)20-22(34-21)27-25(33-14-17-7-5-6-8-19(17)26)28(23(20)29)13-16-9-11-18(31-3)12-10-16/h5-12H,4,13-14H2,1-3H3. The Morgan fingerprint density at radius 3 is 2.59 bits per heavy atom. The highest BCUT2D eigenvalue weighted by atomic mass is 35.5. The topological polar surface area (TPSA) is 70.4 Å². The smallest absolute Gasteiger partial charge is 0.348 e. The number of hydrogen-bond acceptors (Lipinski definition) is 7. The van der Waals surface area contributed by atoms with Crippen molar-refractivity contribution in [2.45, 2.75) is 31.3 Å². The third kappa shape index (κ3) is 4.99. The highest BCUT2D eigenvalue weighted by molar-refractivity contribution is 7.98. The van der Waals surface area contributed by atoms with E-state index in [2.05, 4.69) is 0 Å². The summed E-state index contributed by atoms with van der Waals surface area (Å²) in [5.41, 5.74) is 2.30. The maximum Gasteiger partial charge on any atom is 0.348 e. The van der Waals surface area contributed by atoms with Gasteiger partial charge in [0.25, 0.3) is 5.56 Å². The lowest BCUT2D eigenvalue weighted by Gasteiger charge is -2.13. The highest BCUT2D eigenvalue weighted by Crippen LogP contribution is 2.32. The maximum absolute atomic E-state index is 13.7. The number of hydrogen-bond donors (Lipinski definition) is 0. The maximum atomic E-state index is 13.7. The van der Waals surface area contributed by atoms with Crippen LogP contribution in [0.2, 0.25) is 5.02 Å². The second-order valence-electron chi connectivity index (χ2n) is 7.47. The van der Waals surface area contributed by atoms with Crippen molar-refractivity contribution in [2.75, 3.05) is 13.7 Å². The van der Waals surface area contributed by atoms with Gasteiger partial charge < -0.3 is 9.47 Å². The number of carbonyl (C=O) groups excluding carboxylic acids is 1. The molecule has 2 aromatic heterocycles. The monoisotopic (exact) mass is 514 g/mol. The highest BCUT2D eigenvalue weighted by Gasteiger charge is 2.22. The van der Waals surface area contributed by atoms with E-state index in [1.165, 1.54) is 23.1 Å². The molecule has 0 bridgehead atoms. The Kier molecular flexibility index (Phi) is 7.60. The summed E-state index contributed by atoms with van der Waals surface area (Å²) in [6, 6.07) is 15.2. The Hall–Kier alpha value is -2.81. The number of thiophene rings is 1. The van der Waals surface area contributed by atoms with Gasteiger partial charge in [-0.25, -0.2) is 9.78 Å².